The Labute approximate surface area is 132 Å². The molecule has 23 heavy (non-hydrogen) atoms. The van der Waals surface area contributed by atoms with E-state index in [0.717, 1.165) is 17.7 Å². The van der Waals surface area contributed by atoms with Gasteiger partial charge in [-0.15, -0.1) is 0 Å². The minimum absolute atomic E-state index is 0.0182. The van der Waals surface area contributed by atoms with Crippen molar-refractivity contribution in [2.24, 2.45) is 5.92 Å². The van der Waals surface area contributed by atoms with Crippen LogP contribution >= 0.6 is 0 Å². The van der Waals surface area contributed by atoms with E-state index in [1.54, 1.807) is 4.90 Å². The lowest BCUT2D eigenvalue weighted by atomic mass is 10.1. The lowest BCUT2D eigenvalue weighted by molar-refractivity contribution is -0.137. The number of halogens is 3. The Kier molecular flexibility index (Phi) is 5.28. The molecule has 0 bridgehead atoms. The fourth-order valence-electron chi connectivity index (χ4n) is 2.59. The molecule has 0 saturated carbocycles. The van der Waals surface area contributed by atoms with E-state index in [9.17, 15) is 22.8 Å². The third-order valence-corrected chi connectivity index (χ3v) is 3.96. The first kappa shape index (κ1) is 17.3. The first-order valence-corrected chi connectivity index (χ1v) is 7.53. The monoisotopic (exact) mass is 328 g/mol. The maximum atomic E-state index is 12.5. The number of nitrogens with zero attached hydrogens (tertiary/aromatic N) is 1. The fraction of sp³-hybridized carbons (Fsp3) is 0.500. The lowest BCUT2D eigenvalue weighted by Gasteiger charge is -2.13. The van der Waals surface area contributed by atoms with Gasteiger partial charge in [0.15, 0.2) is 0 Å². The van der Waals surface area contributed by atoms with Crippen molar-refractivity contribution in [2.45, 2.75) is 25.9 Å². The maximum Gasteiger partial charge on any atom is 0.416 e. The van der Waals surface area contributed by atoms with E-state index >= 15 is 0 Å². The third-order valence-electron chi connectivity index (χ3n) is 3.96. The van der Waals surface area contributed by atoms with E-state index < -0.39 is 11.7 Å². The Bertz CT molecular complexity index is 570. The van der Waals surface area contributed by atoms with Gasteiger partial charge in [-0.3, -0.25) is 9.59 Å². The van der Waals surface area contributed by atoms with Crippen LogP contribution in [-0.4, -0.2) is 36.3 Å². The standard InChI is InChI=1S/C16H19F3N2O2/c1-2-21-10-12(9-14(21)22)15(23)20-8-7-11-3-5-13(6-4-11)16(17,18)19/h3-6,12H,2,7-10H2,1H3,(H,20,23)/t12-/m0/s1. The molecule has 2 amide bonds. The molecule has 1 heterocycles. The summed E-state index contributed by atoms with van der Waals surface area (Å²) in [4.78, 5) is 25.2. The van der Waals surface area contributed by atoms with Crippen molar-refractivity contribution in [3.8, 4) is 0 Å². The number of carbonyl (C=O) groups excluding carboxylic acids is 2. The highest BCUT2D eigenvalue weighted by atomic mass is 19.4. The molecule has 0 aromatic heterocycles. The van der Waals surface area contributed by atoms with Crippen molar-refractivity contribution in [1.29, 1.82) is 0 Å². The zero-order chi connectivity index (χ0) is 17.0. The van der Waals surface area contributed by atoms with Gasteiger partial charge in [-0.25, -0.2) is 0 Å². The van der Waals surface area contributed by atoms with Crippen LogP contribution in [0.25, 0.3) is 0 Å². The fourth-order valence-corrected chi connectivity index (χ4v) is 2.59. The molecule has 1 atom stereocenters. The average Bonchev–Trinajstić information content (AvgIpc) is 2.88. The summed E-state index contributed by atoms with van der Waals surface area (Å²) in [5, 5.41) is 2.74. The molecular weight excluding hydrogens is 309 g/mol. The molecule has 0 unspecified atom stereocenters. The first-order chi connectivity index (χ1) is 10.8. The van der Waals surface area contributed by atoms with Gasteiger partial charge in [-0.05, 0) is 31.0 Å². The molecule has 2 rings (SSSR count). The first-order valence-electron chi connectivity index (χ1n) is 7.53. The van der Waals surface area contributed by atoms with Gasteiger partial charge in [0.2, 0.25) is 11.8 Å². The normalized spacial score (nSPS) is 18.3. The Morgan fingerprint density at radius 3 is 2.48 bits per heavy atom. The van der Waals surface area contributed by atoms with Gasteiger partial charge in [0, 0.05) is 26.1 Å². The van der Waals surface area contributed by atoms with Crippen molar-refractivity contribution < 1.29 is 22.8 Å². The highest BCUT2D eigenvalue weighted by Gasteiger charge is 2.33. The van der Waals surface area contributed by atoms with Crippen molar-refractivity contribution in [1.82, 2.24) is 10.2 Å². The van der Waals surface area contributed by atoms with Crippen LogP contribution in [0.4, 0.5) is 13.2 Å². The molecule has 0 aliphatic carbocycles. The molecule has 0 spiro atoms. The highest BCUT2D eigenvalue weighted by Crippen LogP contribution is 2.29. The smallest absolute Gasteiger partial charge is 0.355 e. The second-order valence-electron chi connectivity index (χ2n) is 5.57. The summed E-state index contributed by atoms with van der Waals surface area (Å²) < 4.78 is 37.4. The molecule has 0 radical (unpaired) electrons. The van der Waals surface area contributed by atoms with Gasteiger partial charge in [-0.2, -0.15) is 13.2 Å². The van der Waals surface area contributed by atoms with Crippen LogP contribution in [0.2, 0.25) is 0 Å². The van der Waals surface area contributed by atoms with E-state index in [2.05, 4.69) is 5.32 Å². The summed E-state index contributed by atoms with van der Waals surface area (Å²) in [5.74, 6) is -0.536. The van der Waals surface area contributed by atoms with Crippen molar-refractivity contribution >= 4 is 11.8 Å². The molecule has 1 aromatic rings. The van der Waals surface area contributed by atoms with Gasteiger partial charge >= 0.3 is 6.18 Å². The molecule has 1 fully saturated rings. The predicted molar refractivity (Wildman–Crippen MR) is 78.5 cm³/mol. The van der Waals surface area contributed by atoms with Gasteiger partial charge in [0.05, 0.1) is 11.5 Å². The van der Waals surface area contributed by atoms with Crippen LogP contribution in [0.5, 0.6) is 0 Å². The van der Waals surface area contributed by atoms with Crippen LogP contribution in [0.3, 0.4) is 0 Å². The molecule has 1 aromatic carbocycles. The molecule has 126 valence electrons. The Morgan fingerprint density at radius 1 is 1.30 bits per heavy atom. The second kappa shape index (κ2) is 7.02. The minimum atomic E-state index is -4.34. The number of hydrogen-bond acceptors (Lipinski definition) is 2. The average molecular weight is 328 g/mol. The number of rotatable bonds is 5. The maximum absolute atomic E-state index is 12.5. The van der Waals surface area contributed by atoms with Gasteiger partial charge < -0.3 is 10.2 Å². The molecule has 4 nitrogen and oxygen atoms in total. The number of amides is 2. The molecule has 1 aliphatic heterocycles. The van der Waals surface area contributed by atoms with Gasteiger partial charge in [-0.1, -0.05) is 12.1 Å². The SMILES string of the molecule is CCN1C[C@@H](C(=O)NCCc2ccc(C(F)(F)F)cc2)CC1=O. The van der Waals surface area contributed by atoms with Crippen LogP contribution in [-0.2, 0) is 22.2 Å². The molecule has 1 saturated heterocycles. The number of likely N-dealkylation sites (tertiary alicyclic amines) is 1. The quantitative estimate of drug-likeness (QED) is 0.901. The zero-order valence-corrected chi connectivity index (χ0v) is 12.8. The van der Waals surface area contributed by atoms with Crippen LogP contribution < -0.4 is 5.32 Å². The van der Waals surface area contributed by atoms with E-state index in [-0.39, 0.29) is 24.2 Å². The Morgan fingerprint density at radius 2 is 1.96 bits per heavy atom. The van der Waals surface area contributed by atoms with Crippen molar-refractivity contribution in [2.75, 3.05) is 19.6 Å². The number of hydrogen-bond donors (Lipinski definition) is 1. The summed E-state index contributed by atoms with van der Waals surface area (Å²) in [6, 6.07) is 4.89. The minimum Gasteiger partial charge on any atom is -0.355 e. The van der Waals surface area contributed by atoms with E-state index in [1.165, 1.54) is 12.1 Å². The van der Waals surface area contributed by atoms with Gasteiger partial charge in [0.1, 0.15) is 0 Å². The number of carbonyl (C=O) groups is 2. The third kappa shape index (κ3) is 4.46. The number of alkyl halides is 3. The predicted octanol–water partition coefficient (Wildman–Crippen LogP) is 2.23. The lowest BCUT2D eigenvalue weighted by Crippen LogP contribution is -2.34. The Balaban J connectivity index is 1.79. The summed E-state index contributed by atoms with van der Waals surface area (Å²) >= 11 is 0. The van der Waals surface area contributed by atoms with E-state index in [1.807, 2.05) is 6.92 Å². The zero-order valence-electron chi connectivity index (χ0n) is 12.8. The number of benzene rings is 1. The second-order valence-corrected chi connectivity index (χ2v) is 5.57. The summed E-state index contributed by atoms with van der Waals surface area (Å²) in [7, 11) is 0. The van der Waals surface area contributed by atoms with Crippen molar-refractivity contribution in [3.05, 3.63) is 35.4 Å². The van der Waals surface area contributed by atoms with Crippen LogP contribution in [0.1, 0.15) is 24.5 Å². The summed E-state index contributed by atoms with van der Waals surface area (Å²) in [5.41, 5.74) is 0.0328. The highest BCUT2D eigenvalue weighted by molar-refractivity contribution is 5.89. The van der Waals surface area contributed by atoms with Crippen LogP contribution in [0.15, 0.2) is 24.3 Å². The summed E-state index contributed by atoms with van der Waals surface area (Å²) in [6.45, 7) is 3.22. The molecule has 7 heteroatoms. The van der Waals surface area contributed by atoms with E-state index in [4.69, 9.17) is 0 Å². The largest absolute Gasteiger partial charge is 0.416 e. The molecular formula is C16H19F3N2O2. The van der Waals surface area contributed by atoms with Crippen LogP contribution in [0, 0.1) is 5.92 Å². The van der Waals surface area contributed by atoms with E-state index in [0.29, 0.717) is 26.1 Å². The Hall–Kier alpha value is -2.05. The topological polar surface area (TPSA) is 49.4 Å². The van der Waals surface area contributed by atoms with Gasteiger partial charge in [0.25, 0.3) is 0 Å². The number of nitrogens with one attached hydrogen (secondary N) is 1. The van der Waals surface area contributed by atoms with Crippen molar-refractivity contribution in [3.63, 3.8) is 0 Å². The molecule has 1 aliphatic rings. The molecule has 1 N–H and O–H groups in total. The summed E-state index contributed by atoms with van der Waals surface area (Å²) in [6.07, 6.45) is -3.67.